The van der Waals surface area contributed by atoms with Gasteiger partial charge in [-0.2, -0.15) is 0 Å². The molecular weight excluding hydrogens is 425 g/mol. The summed E-state index contributed by atoms with van der Waals surface area (Å²) in [6.07, 6.45) is 5.16. The van der Waals surface area contributed by atoms with Crippen LogP contribution in [0.5, 0.6) is 0 Å². The zero-order valence-electron chi connectivity index (χ0n) is 17.8. The quantitative estimate of drug-likeness (QED) is 0.215. The molecule has 32 heavy (non-hydrogen) atoms. The Balaban J connectivity index is 1.58. The number of pyridine rings is 1. The Labute approximate surface area is 189 Å². The summed E-state index contributed by atoms with van der Waals surface area (Å²) in [6.45, 7) is 8.03. The zero-order chi connectivity index (χ0) is 22.7. The number of nitrogens with zero attached hydrogens (tertiary/aromatic N) is 5. The second kappa shape index (κ2) is 9.32. The van der Waals surface area contributed by atoms with E-state index in [4.69, 9.17) is 0 Å². The molecule has 0 atom stereocenters. The first-order valence-corrected chi connectivity index (χ1v) is 11.0. The molecule has 0 unspecified atom stereocenters. The number of hydrogen-bond acceptors (Lipinski definition) is 5. The summed E-state index contributed by atoms with van der Waals surface area (Å²) in [6, 6.07) is 12.1. The summed E-state index contributed by atoms with van der Waals surface area (Å²) >= 11 is 1.32. The highest BCUT2D eigenvalue weighted by Gasteiger charge is 2.20. The Morgan fingerprint density at radius 1 is 1.16 bits per heavy atom. The SMILES string of the molecule is C=CCn1c(SCC(=O)c2cc(C)n(-c3ccccc3F)c2C)nnc1-c1ccncc1. The van der Waals surface area contributed by atoms with Gasteiger partial charge >= 0.3 is 0 Å². The highest BCUT2D eigenvalue weighted by molar-refractivity contribution is 7.99. The van der Waals surface area contributed by atoms with Crippen molar-refractivity contribution in [3.63, 3.8) is 0 Å². The average molecular weight is 448 g/mol. The summed E-state index contributed by atoms with van der Waals surface area (Å²) in [4.78, 5) is 17.1. The Kier molecular flexibility index (Phi) is 6.32. The van der Waals surface area contributed by atoms with Crippen molar-refractivity contribution in [2.45, 2.75) is 25.5 Å². The number of carbonyl (C=O) groups excluding carboxylic acids is 1. The number of allylic oxidation sites excluding steroid dienone is 1. The Bertz CT molecular complexity index is 1280. The van der Waals surface area contributed by atoms with E-state index in [0.717, 1.165) is 11.3 Å². The fourth-order valence-electron chi connectivity index (χ4n) is 3.66. The largest absolute Gasteiger partial charge is 0.315 e. The number of para-hydroxylation sites is 1. The van der Waals surface area contributed by atoms with Gasteiger partial charge in [-0.3, -0.25) is 14.3 Å². The minimum Gasteiger partial charge on any atom is -0.315 e. The number of halogens is 1. The van der Waals surface area contributed by atoms with Crippen molar-refractivity contribution in [2.24, 2.45) is 0 Å². The highest BCUT2D eigenvalue weighted by atomic mass is 32.2. The molecule has 0 aliphatic heterocycles. The topological polar surface area (TPSA) is 65.6 Å². The van der Waals surface area contributed by atoms with Crippen molar-refractivity contribution in [1.29, 1.82) is 0 Å². The zero-order valence-corrected chi connectivity index (χ0v) is 18.6. The minimum atomic E-state index is -0.330. The number of carbonyl (C=O) groups is 1. The maximum atomic E-state index is 14.3. The van der Waals surface area contributed by atoms with Gasteiger partial charge in [-0.1, -0.05) is 30.0 Å². The van der Waals surface area contributed by atoms with Crippen LogP contribution in [-0.4, -0.2) is 35.9 Å². The molecule has 0 bridgehead atoms. The fraction of sp³-hybridized carbons (Fsp3) is 0.167. The van der Waals surface area contributed by atoms with E-state index >= 15 is 0 Å². The maximum Gasteiger partial charge on any atom is 0.192 e. The van der Waals surface area contributed by atoms with E-state index in [0.29, 0.717) is 34.5 Å². The van der Waals surface area contributed by atoms with Gasteiger partial charge in [0, 0.05) is 41.5 Å². The molecule has 0 N–H and O–H groups in total. The Morgan fingerprint density at radius 2 is 1.91 bits per heavy atom. The summed E-state index contributed by atoms with van der Waals surface area (Å²) in [5.41, 5.74) is 3.41. The van der Waals surface area contributed by atoms with Gasteiger partial charge in [0.2, 0.25) is 0 Å². The fourth-order valence-corrected chi connectivity index (χ4v) is 4.49. The molecule has 1 aromatic carbocycles. The molecule has 0 radical (unpaired) electrons. The smallest absolute Gasteiger partial charge is 0.192 e. The molecule has 3 heterocycles. The van der Waals surface area contributed by atoms with Crippen LogP contribution in [0.2, 0.25) is 0 Å². The van der Waals surface area contributed by atoms with Crippen molar-refractivity contribution in [3.05, 3.63) is 90.3 Å². The molecule has 0 aliphatic rings. The number of benzene rings is 1. The van der Waals surface area contributed by atoms with Crippen LogP contribution in [0, 0.1) is 19.7 Å². The van der Waals surface area contributed by atoms with Gasteiger partial charge in [0.25, 0.3) is 0 Å². The third-order valence-electron chi connectivity index (χ3n) is 5.12. The van der Waals surface area contributed by atoms with Gasteiger partial charge in [-0.15, -0.1) is 16.8 Å². The van der Waals surface area contributed by atoms with Crippen molar-refractivity contribution in [2.75, 3.05) is 5.75 Å². The van der Waals surface area contributed by atoms with E-state index in [9.17, 15) is 9.18 Å². The summed E-state index contributed by atoms with van der Waals surface area (Å²) in [7, 11) is 0. The number of thioether (sulfide) groups is 1. The Hall–Kier alpha value is -3.52. The van der Waals surface area contributed by atoms with Gasteiger partial charge in [0.1, 0.15) is 5.82 Å². The number of rotatable bonds is 8. The molecule has 4 aromatic rings. The van der Waals surface area contributed by atoms with Crippen LogP contribution in [0.1, 0.15) is 21.7 Å². The van der Waals surface area contributed by atoms with Crippen LogP contribution in [0.4, 0.5) is 4.39 Å². The molecule has 6 nitrogen and oxygen atoms in total. The van der Waals surface area contributed by atoms with E-state index in [-0.39, 0.29) is 17.4 Å². The molecule has 8 heteroatoms. The van der Waals surface area contributed by atoms with Crippen LogP contribution in [0.25, 0.3) is 17.1 Å². The van der Waals surface area contributed by atoms with Crippen LogP contribution in [0.15, 0.2) is 72.7 Å². The summed E-state index contributed by atoms with van der Waals surface area (Å²) < 4.78 is 18.0. The number of ketones is 1. The number of Topliss-reactive ketones (excluding diaryl/α,β-unsaturated/α-hetero) is 1. The van der Waals surface area contributed by atoms with Crippen molar-refractivity contribution in [1.82, 2.24) is 24.3 Å². The lowest BCUT2D eigenvalue weighted by atomic mass is 10.2. The molecule has 0 saturated heterocycles. The summed E-state index contributed by atoms with van der Waals surface area (Å²) in [5, 5.41) is 9.21. The van der Waals surface area contributed by atoms with E-state index in [2.05, 4.69) is 21.8 Å². The van der Waals surface area contributed by atoms with Crippen LogP contribution < -0.4 is 0 Å². The van der Waals surface area contributed by atoms with Gasteiger partial charge < -0.3 is 4.57 Å². The van der Waals surface area contributed by atoms with Crippen molar-refractivity contribution >= 4 is 17.5 Å². The maximum absolute atomic E-state index is 14.3. The normalized spacial score (nSPS) is 11.0. The van der Waals surface area contributed by atoms with Crippen molar-refractivity contribution in [3.8, 4) is 17.1 Å². The van der Waals surface area contributed by atoms with Crippen LogP contribution in [-0.2, 0) is 6.54 Å². The number of aryl methyl sites for hydroxylation is 1. The van der Waals surface area contributed by atoms with Crippen LogP contribution in [0.3, 0.4) is 0 Å². The molecule has 0 aliphatic carbocycles. The van der Waals surface area contributed by atoms with Gasteiger partial charge in [0.15, 0.2) is 16.8 Å². The Morgan fingerprint density at radius 3 is 2.62 bits per heavy atom. The lowest BCUT2D eigenvalue weighted by Crippen LogP contribution is -2.08. The first-order chi connectivity index (χ1) is 15.5. The van der Waals surface area contributed by atoms with Crippen molar-refractivity contribution < 1.29 is 9.18 Å². The van der Waals surface area contributed by atoms with E-state index in [1.165, 1.54) is 17.8 Å². The molecule has 0 fully saturated rings. The lowest BCUT2D eigenvalue weighted by molar-refractivity contribution is 0.102. The van der Waals surface area contributed by atoms with E-state index < -0.39 is 0 Å². The first kappa shape index (κ1) is 21.7. The second-order valence-corrected chi connectivity index (χ2v) is 8.17. The molecule has 3 aromatic heterocycles. The first-order valence-electron chi connectivity index (χ1n) is 10.1. The summed E-state index contributed by atoms with van der Waals surface area (Å²) in [5.74, 6) is 0.501. The predicted octanol–water partition coefficient (Wildman–Crippen LogP) is 5.05. The molecule has 162 valence electrons. The molecule has 4 rings (SSSR count). The van der Waals surface area contributed by atoms with Crippen LogP contribution >= 0.6 is 11.8 Å². The van der Waals surface area contributed by atoms with E-state index in [1.807, 2.05) is 36.6 Å². The second-order valence-electron chi connectivity index (χ2n) is 7.22. The van der Waals surface area contributed by atoms with E-state index in [1.54, 1.807) is 41.2 Å². The number of aromatic nitrogens is 5. The lowest BCUT2D eigenvalue weighted by Gasteiger charge is -2.11. The standard InChI is InChI=1S/C24H22FN5OS/c1-4-13-29-23(18-9-11-26-12-10-18)27-28-24(29)32-15-22(31)19-14-16(2)30(17(19)3)21-8-6-5-7-20(21)25/h4-12,14H,1,13,15H2,2-3H3. The third-order valence-corrected chi connectivity index (χ3v) is 6.09. The molecule has 0 amide bonds. The minimum absolute atomic E-state index is 0.0516. The monoisotopic (exact) mass is 447 g/mol. The predicted molar refractivity (Wildman–Crippen MR) is 124 cm³/mol. The van der Waals surface area contributed by atoms with Gasteiger partial charge in [0.05, 0.1) is 11.4 Å². The van der Waals surface area contributed by atoms with Gasteiger partial charge in [-0.05, 0) is 44.2 Å². The van der Waals surface area contributed by atoms with Gasteiger partial charge in [-0.25, -0.2) is 4.39 Å². The molecular formula is C24H22FN5OS. The third kappa shape index (κ3) is 4.13. The highest BCUT2D eigenvalue weighted by Crippen LogP contribution is 2.27. The molecule has 0 spiro atoms. The number of hydrogen-bond donors (Lipinski definition) is 0. The molecule has 0 saturated carbocycles. The average Bonchev–Trinajstić information content (AvgIpc) is 3.33.